The molecule has 25 heavy (non-hydrogen) atoms. The van der Waals surface area contributed by atoms with Crippen LogP contribution in [0.2, 0.25) is 0 Å². The molecule has 4 heterocycles. The van der Waals surface area contributed by atoms with E-state index in [0.29, 0.717) is 23.2 Å². The van der Waals surface area contributed by atoms with Crippen LogP contribution in [-0.4, -0.2) is 21.5 Å². The largest absolute Gasteiger partial charge is 0.434 e. The normalized spacial score (nSPS) is 13.2. The number of aromatic nitrogens is 3. The summed E-state index contributed by atoms with van der Waals surface area (Å²) in [6, 6.07) is 9.62. The zero-order valence-electron chi connectivity index (χ0n) is 13.7. The van der Waals surface area contributed by atoms with E-state index in [1.54, 1.807) is 12.4 Å². The molecule has 6 nitrogen and oxygen atoms in total. The molecule has 0 radical (unpaired) electrons. The monoisotopic (exact) mass is 331 g/mol. The van der Waals surface area contributed by atoms with Crippen molar-refractivity contribution in [1.29, 1.82) is 0 Å². The topological polar surface area (TPSA) is 75.9 Å². The molecule has 0 unspecified atom stereocenters. The summed E-state index contributed by atoms with van der Waals surface area (Å²) >= 11 is 0. The van der Waals surface area contributed by atoms with Crippen molar-refractivity contribution in [3.8, 4) is 11.5 Å². The van der Waals surface area contributed by atoms with E-state index in [1.807, 2.05) is 55.6 Å². The lowest BCUT2D eigenvalue weighted by Gasteiger charge is -2.06. The average Bonchev–Trinajstić information content (AvgIpc) is 3.13. The van der Waals surface area contributed by atoms with Crippen molar-refractivity contribution in [1.82, 2.24) is 20.3 Å². The predicted octanol–water partition coefficient (Wildman–Crippen LogP) is 3.68. The van der Waals surface area contributed by atoms with Crippen molar-refractivity contribution in [3.63, 3.8) is 0 Å². The first-order valence-electron chi connectivity index (χ1n) is 8.01. The van der Waals surface area contributed by atoms with Gasteiger partial charge in [0, 0.05) is 18.9 Å². The van der Waals surface area contributed by atoms with Gasteiger partial charge >= 0.3 is 0 Å². The maximum atomic E-state index is 5.86. The molecule has 2 N–H and O–H groups in total. The van der Waals surface area contributed by atoms with Crippen molar-refractivity contribution in [3.05, 3.63) is 72.5 Å². The van der Waals surface area contributed by atoms with E-state index in [9.17, 15) is 0 Å². The summed E-state index contributed by atoms with van der Waals surface area (Å²) in [5.74, 6) is 2.65. The standard InChI is InChI=1S/C19H17N5O/c1-13-7-9-21-18(10-13)24-17-6-2-5-15(23-17)16-12-22-19(25-16)14-4-3-8-20-11-14/h2-7,9-12,20H,8H2,1H3,(H,21,23,24). The number of allylic oxidation sites excluding steroid dienone is 2. The second kappa shape index (κ2) is 6.60. The van der Waals surface area contributed by atoms with Gasteiger partial charge in [0.1, 0.15) is 17.3 Å². The summed E-state index contributed by atoms with van der Waals surface area (Å²) in [7, 11) is 0. The lowest BCUT2D eigenvalue weighted by Crippen LogP contribution is -2.08. The van der Waals surface area contributed by atoms with Crippen LogP contribution in [0, 0.1) is 6.92 Å². The third kappa shape index (κ3) is 3.42. The van der Waals surface area contributed by atoms with Crippen LogP contribution in [-0.2, 0) is 0 Å². The van der Waals surface area contributed by atoms with E-state index in [0.717, 1.165) is 23.5 Å². The minimum Gasteiger partial charge on any atom is -0.434 e. The van der Waals surface area contributed by atoms with Crippen LogP contribution in [0.4, 0.5) is 11.6 Å². The number of hydrogen-bond acceptors (Lipinski definition) is 6. The molecule has 1 aliphatic rings. The molecule has 0 bridgehead atoms. The molecule has 0 aromatic carbocycles. The van der Waals surface area contributed by atoms with Crippen LogP contribution in [0.3, 0.4) is 0 Å². The summed E-state index contributed by atoms with van der Waals surface area (Å²) in [6.07, 6.45) is 9.36. The Kier molecular flexibility index (Phi) is 4.00. The van der Waals surface area contributed by atoms with Crippen LogP contribution < -0.4 is 10.6 Å². The van der Waals surface area contributed by atoms with Gasteiger partial charge in [0.2, 0.25) is 5.89 Å². The van der Waals surface area contributed by atoms with Crippen molar-refractivity contribution < 1.29 is 4.42 Å². The van der Waals surface area contributed by atoms with Gasteiger partial charge in [0.05, 0.1) is 11.8 Å². The Morgan fingerprint density at radius 3 is 2.96 bits per heavy atom. The molecule has 0 spiro atoms. The van der Waals surface area contributed by atoms with Crippen LogP contribution in [0.25, 0.3) is 17.0 Å². The molecule has 0 atom stereocenters. The van der Waals surface area contributed by atoms with E-state index in [2.05, 4.69) is 25.6 Å². The highest BCUT2D eigenvalue weighted by molar-refractivity contribution is 5.70. The van der Waals surface area contributed by atoms with Crippen LogP contribution in [0.1, 0.15) is 11.5 Å². The van der Waals surface area contributed by atoms with Gasteiger partial charge in [-0.2, -0.15) is 0 Å². The molecule has 3 aromatic heterocycles. The number of nitrogens with one attached hydrogen (secondary N) is 2. The summed E-state index contributed by atoms with van der Waals surface area (Å²) in [4.78, 5) is 13.2. The molecule has 6 heteroatoms. The number of hydrogen-bond donors (Lipinski definition) is 2. The van der Waals surface area contributed by atoms with E-state index >= 15 is 0 Å². The van der Waals surface area contributed by atoms with E-state index in [-0.39, 0.29) is 0 Å². The van der Waals surface area contributed by atoms with E-state index in [1.165, 1.54) is 0 Å². The molecule has 1 aliphatic heterocycles. The van der Waals surface area contributed by atoms with Crippen molar-refractivity contribution >= 4 is 17.2 Å². The van der Waals surface area contributed by atoms with Crippen LogP contribution >= 0.6 is 0 Å². The number of dihydropyridines is 1. The predicted molar refractivity (Wildman–Crippen MR) is 97.1 cm³/mol. The maximum absolute atomic E-state index is 5.86. The zero-order chi connectivity index (χ0) is 17.1. The Morgan fingerprint density at radius 1 is 1.16 bits per heavy atom. The van der Waals surface area contributed by atoms with Crippen LogP contribution in [0.5, 0.6) is 0 Å². The maximum Gasteiger partial charge on any atom is 0.228 e. The molecule has 0 fully saturated rings. The summed E-state index contributed by atoms with van der Waals surface area (Å²) in [5, 5.41) is 6.35. The van der Waals surface area contributed by atoms with Gasteiger partial charge in [0.15, 0.2) is 5.76 Å². The highest BCUT2D eigenvalue weighted by Gasteiger charge is 2.12. The Balaban J connectivity index is 1.58. The highest BCUT2D eigenvalue weighted by Crippen LogP contribution is 2.25. The first-order valence-corrected chi connectivity index (χ1v) is 8.01. The zero-order valence-corrected chi connectivity index (χ0v) is 13.7. The summed E-state index contributed by atoms with van der Waals surface area (Å²) in [5.41, 5.74) is 2.76. The second-order valence-corrected chi connectivity index (χ2v) is 5.69. The second-order valence-electron chi connectivity index (χ2n) is 5.69. The Morgan fingerprint density at radius 2 is 2.12 bits per heavy atom. The molecule has 0 saturated heterocycles. The lowest BCUT2D eigenvalue weighted by atomic mass is 10.2. The SMILES string of the molecule is Cc1ccnc(Nc2cccc(-c3cnc(C4=CNCC=C4)o3)n2)c1. The van der Waals surface area contributed by atoms with Crippen LogP contribution in [0.15, 0.2) is 65.5 Å². The number of oxazole rings is 1. The Hall–Kier alpha value is -3.41. The highest BCUT2D eigenvalue weighted by atomic mass is 16.4. The fourth-order valence-electron chi connectivity index (χ4n) is 2.51. The van der Waals surface area contributed by atoms with Gasteiger partial charge < -0.3 is 15.1 Å². The number of pyridine rings is 2. The van der Waals surface area contributed by atoms with E-state index < -0.39 is 0 Å². The number of anilines is 2. The number of aryl methyl sites for hydroxylation is 1. The quantitative estimate of drug-likeness (QED) is 0.759. The van der Waals surface area contributed by atoms with Gasteiger partial charge in [-0.25, -0.2) is 15.0 Å². The molecule has 124 valence electrons. The number of nitrogens with zero attached hydrogens (tertiary/aromatic N) is 3. The average molecular weight is 331 g/mol. The third-order valence-electron chi connectivity index (χ3n) is 3.72. The van der Waals surface area contributed by atoms with Crippen molar-refractivity contribution in [2.75, 3.05) is 11.9 Å². The molecule has 0 aliphatic carbocycles. The lowest BCUT2D eigenvalue weighted by molar-refractivity contribution is 0.554. The molecule has 0 saturated carbocycles. The number of rotatable bonds is 4. The third-order valence-corrected chi connectivity index (χ3v) is 3.72. The molecular weight excluding hydrogens is 314 g/mol. The van der Waals surface area contributed by atoms with E-state index in [4.69, 9.17) is 4.42 Å². The minimum atomic E-state index is 0.568. The summed E-state index contributed by atoms with van der Waals surface area (Å²) in [6.45, 7) is 2.84. The van der Waals surface area contributed by atoms with Crippen molar-refractivity contribution in [2.24, 2.45) is 0 Å². The summed E-state index contributed by atoms with van der Waals surface area (Å²) < 4.78 is 5.86. The van der Waals surface area contributed by atoms with Gasteiger partial charge in [-0.15, -0.1) is 0 Å². The first kappa shape index (κ1) is 15.1. The van der Waals surface area contributed by atoms with Gasteiger partial charge in [-0.3, -0.25) is 0 Å². The smallest absolute Gasteiger partial charge is 0.228 e. The van der Waals surface area contributed by atoms with Gasteiger partial charge in [-0.1, -0.05) is 18.2 Å². The fourth-order valence-corrected chi connectivity index (χ4v) is 2.51. The molecule has 3 aromatic rings. The minimum absolute atomic E-state index is 0.568. The molecular formula is C19H17N5O. The van der Waals surface area contributed by atoms with Gasteiger partial charge in [-0.05, 0) is 36.8 Å². The van der Waals surface area contributed by atoms with Gasteiger partial charge in [0.25, 0.3) is 0 Å². The Bertz CT molecular complexity index is 958. The first-order chi connectivity index (χ1) is 12.3. The molecule has 0 amide bonds. The Labute approximate surface area is 145 Å². The molecule has 4 rings (SSSR count). The van der Waals surface area contributed by atoms with Crippen molar-refractivity contribution in [2.45, 2.75) is 6.92 Å². The fraction of sp³-hybridized carbons (Fsp3) is 0.105.